The molecule has 0 heterocycles. The third-order valence-corrected chi connectivity index (χ3v) is 3.43. The van der Waals surface area contributed by atoms with Gasteiger partial charge < -0.3 is 4.74 Å². The summed E-state index contributed by atoms with van der Waals surface area (Å²) in [5.41, 5.74) is 1.48. The highest BCUT2D eigenvalue weighted by atomic mass is 127. The molecule has 1 aliphatic carbocycles. The van der Waals surface area contributed by atoms with Crippen LogP contribution in [0.25, 0.3) is 0 Å². The monoisotopic (exact) mass is 316 g/mol. The first-order valence-corrected chi connectivity index (χ1v) is 6.52. The molecule has 82 valence electrons. The molecule has 1 aliphatic rings. The van der Waals surface area contributed by atoms with Crippen molar-refractivity contribution >= 4 is 22.6 Å². The second-order valence-corrected chi connectivity index (χ2v) is 6.35. The third kappa shape index (κ3) is 2.65. The van der Waals surface area contributed by atoms with Crippen LogP contribution in [0.4, 0.5) is 0 Å². The Hall–Kier alpha value is -0.250. The van der Waals surface area contributed by atoms with Gasteiger partial charge in [0.25, 0.3) is 0 Å². The fourth-order valence-electron chi connectivity index (χ4n) is 1.57. The summed E-state index contributed by atoms with van der Waals surface area (Å²) in [6.07, 6.45) is 2.91. The van der Waals surface area contributed by atoms with E-state index >= 15 is 0 Å². The molecule has 0 bridgehead atoms. The number of ether oxygens (including phenoxy) is 1. The topological polar surface area (TPSA) is 9.23 Å². The van der Waals surface area contributed by atoms with Crippen LogP contribution in [0.15, 0.2) is 18.2 Å². The van der Waals surface area contributed by atoms with Crippen molar-refractivity contribution in [3.63, 3.8) is 0 Å². The molecule has 0 saturated heterocycles. The maximum Gasteiger partial charge on any atom is 0.136 e. The Kier molecular flexibility index (Phi) is 2.97. The minimum atomic E-state index is 0.158. The molecule has 1 saturated carbocycles. The quantitative estimate of drug-likeness (QED) is 0.746. The zero-order valence-electron chi connectivity index (χ0n) is 9.51. The molecule has 0 unspecified atom stereocenters. The lowest BCUT2D eigenvalue weighted by Crippen LogP contribution is -2.14. The Morgan fingerprint density at radius 3 is 2.47 bits per heavy atom. The second-order valence-electron chi connectivity index (χ2n) is 5.18. The highest BCUT2D eigenvalue weighted by Crippen LogP contribution is 2.38. The van der Waals surface area contributed by atoms with Crippen LogP contribution in [0.5, 0.6) is 5.75 Å². The van der Waals surface area contributed by atoms with Gasteiger partial charge in [0.15, 0.2) is 0 Å². The Bertz CT molecular complexity index is 361. The smallest absolute Gasteiger partial charge is 0.136 e. The molecule has 0 aliphatic heterocycles. The highest BCUT2D eigenvalue weighted by molar-refractivity contribution is 14.1. The van der Waals surface area contributed by atoms with E-state index in [0.717, 1.165) is 5.75 Å². The van der Waals surface area contributed by atoms with Crippen molar-refractivity contribution in [2.45, 2.75) is 45.1 Å². The van der Waals surface area contributed by atoms with Gasteiger partial charge in [-0.15, -0.1) is 0 Å². The van der Waals surface area contributed by atoms with Gasteiger partial charge in [-0.25, -0.2) is 0 Å². The van der Waals surface area contributed by atoms with Crippen LogP contribution in [0.1, 0.15) is 39.2 Å². The van der Waals surface area contributed by atoms with E-state index in [9.17, 15) is 0 Å². The van der Waals surface area contributed by atoms with Crippen LogP contribution in [0.3, 0.4) is 0 Å². The van der Waals surface area contributed by atoms with Gasteiger partial charge in [0.2, 0.25) is 0 Å². The number of benzene rings is 1. The van der Waals surface area contributed by atoms with Crippen molar-refractivity contribution in [1.82, 2.24) is 0 Å². The lowest BCUT2D eigenvalue weighted by molar-refractivity contribution is 0.292. The average molecular weight is 316 g/mol. The van der Waals surface area contributed by atoms with E-state index in [1.807, 2.05) is 0 Å². The van der Waals surface area contributed by atoms with Crippen LogP contribution >= 0.6 is 22.6 Å². The fourth-order valence-corrected chi connectivity index (χ4v) is 2.20. The predicted molar refractivity (Wildman–Crippen MR) is 71.5 cm³/mol. The van der Waals surface area contributed by atoms with Crippen molar-refractivity contribution in [2.24, 2.45) is 0 Å². The number of para-hydroxylation sites is 1. The standard InChI is InChI=1S/C13H17IO/c1-13(2,3)10-5-4-6-11(14)12(10)15-9-7-8-9/h4-6,9H,7-8H2,1-3H3. The minimum Gasteiger partial charge on any atom is -0.489 e. The summed E-state index contributed by atoms with van der Waals surface area (Å²) in [6, 6.07) is 6.41. The molecular formula is C13H17IO. The van der Waals surface area contributed by atoms with E-state index < -0.39 is 0 Å². The van der Waals surface area contributed by atoms with Crippen molar-refractivity contribution in [3.05, 3.63) is 27.3 Å². The normalized spacial score (nSPS) is 16.5. The second kappa shape index (κ2) is 3.96. The summed E-state index contributed by atoms with van der Waals surface area (Å²) in [5.74, 6) is 1.10. The summed E-state index contributed by atoms with van der Waals surface area (Å²) in [5, 5.41) is 0. The highest BCUT2D eigenvalue weighted by Gasteiger charge is 2.28. The third-order valence-electron chi connectivity index (χ3n) is 2.58. The van der Waals surface area contributed by atoms with Gasteiger partial charge >= 0.3 is 0 Å². The first kappa shape index (κ1) is 11.2. The Balaban J connectivity index is 2.38. The lowest BCUT2D eigenvalue weighted by Gasteiger charge is -2.23. The molecule has 2 rings (SSSR count). The number of hydrogen-bond donors (Lipinski definition) is 0. The summed E-state index contributed by atoms with van der Waals surface area (Å²) < 4.78 is 7.23. The minimum absolute atomic E-state index is 0.158. The number of halogens is 1. The van der Waals surface area contributed by atoms with Crippen molar-refractivity contribution in [2.75, 3.05) is 0 Å². The van der Waals surface area contributed by atoms with Crippen LogP contribution < -0.4 is 4.74 Å². The molecule has 15 heavy (non-hydrogen) atoms. The van der Waals surface area contributed by atoms with Gasteiger partial charge in [-0.05, 0) is 46.9 Å². The van der Waals surface area contributed by atoms with E-state index in [4.69, 9.17) is 4.74 Å². The zero-order valence-corrected chi connectivity index (χ0v) is 11.7. The van der Waals surface area contributed by atoms with E-state index in [1.54, 1.807) is 0 Å². The summed E-state index contributed by atoms with van der Waals surface area (Å²) in [4.78, 5) is 0. The van der Waals surface area contributed by atoms with Crippen LogP contribution in [0, 0.1) is 3.57 Å². The lowest BCUT2D eigenvalue weighted by atomic mass is 9.86. The molecule has 0 spiro atoms. The molecule has 0 aromatic heterocycles. The van der Waals surface area contributed by atoms with Crippen LogP contribution in [-0.2, 0) is 5.41 Å². The van der Waals surface area contributed by atoms with Gasteiger partial charge in [0.1, 0.15) is 5.75 Å². The Morgan fingerprint density at radius 1 is 1.27 bits per heavy atom. The van der Waals surface area contributed by atoms with Crippen molar-refractivity contribution in [3.8, 4) is 5.75 Å². The summed E-state index contributed by atoms with van der Waals surface area (Å²) in [6.45, 7) is 6.70. The zero-order chi connectivity index (χ0) is 11.1. The van der Waals surface area contributed by atoms with Gasteiger partial charge in [-0.3, -0.25) is 0 Å². The van der Waals surface area contributed by atoms with E-state index in [-0.39, 0.29) is 5.41 Å². The fraction of sp³-hybridized carbons (Fsp3) is 0.538. The van der Waals surface area contributed by atoms with Crippen LogP contribution in [-0.4, -0.2) is 6.10 Å². The molecule has 0 N–H and O–H groups in total. The molecule has 1 aromatic carbocycles. The molecule has 1 aromatic rings. The predicted octanol–water partition coefficient (Wildman–Crippen LogP) is 4.13. The molecule has 0 atom stereocenters. The summed E-state index contributed by atoms with van der Waals surface area (Å²) >= 11 is 2.36. The molecular weight excluding hydrogens is 299 g/mol. The first-order valence-electron chi connectivity index (χ1n) is 5.44. The van der Waals surface area contributed by atoms with Crippen molar-refractivity contribution < 1.29 is 4.74 Å². The molecule has 2 heteroatoms. The molecule has 0 amide bonds. The van der Waals surface area contributed by atoms with Gasteiger partial charge in [0.05, 0.1) is 9.67 Å². The molecule has 1 fully saturated rings. The maximum absolute atomic E-state index is 6.01. The Labute approximate surface area is 105 Å². The first-order chi connectivity index (χ1) is 6.98. The largest absolute Gasteiger partial charge is 0.489 e. The van der Waals surface area contributed by atoms with E-state index in [2.05, 4.69) is 61.6 Å². The summed E-state index contributed by atoms with van der Waals surface area (Å²) in [7, 11) is 0. The van der Waals surface area contributed by atoms with Crippen molar-refractivity contribution in [1.29, 1.82) is 0 Å². The van der Waals surface area contributed by atoms with Gasteiger partial charge in [0, 0.05) is 5.56 Å². The Morgan fingerprint density at radius 2 is 1.93 bits per heavy atom. The SMILES string of the molecule is CC(C)(C)c1cccc(I)c1OC1CC1. The van der Waals surface area contributed by atoms with Gasteiger partial charge in [-0.1, -0.05) is 32.9 Å². The van der Waals surface area contributed by atoms with E-state index in [1.165, 1.54) is 22.0 Å². The van der Waals surface area contributed by atoms with E-state index in [0.29, 0.717) is 6.10 Å². The maximum atomic E-state index is 6.01. The molecule has 1 nitrogen and oxygen atoms in total. The average Bonchev–Trinajstić information content (AvgIpc) is 2.90. The number of hydrogen-bond acceptors (Lipinski definition) is 1. The number of rotatable bonds is 2. The van der Waals surface area contributed by atoms with Crippen LogP contribution in [0.2, 0.25) is 0 Å². The molecule has 0 radical (unpaired) electrons. The van der Waals surface area contributed by atoms with Gasteiger partial charge in [-0.2, -0.15) is 0 Å².